The summed E-state index contributed by atoms with van der Waals surface area (Å²) in [7, 11) is 0. The largest absolute Gasteiger partial charge is 0.416 e. The van der Waals surface area contributed by atoms with Crippen molar-refractivity contribution in [3.63, 3.8) is 0 Å². The molecule has 0 bridgehead atoms. The monoisotopic (exact) mass is 427 g/mol. The quantitative estimate of drug-likeness (QED) is 0.540. The molecule has 1 fully saturated rings. The van der Waals surface area contributed by atoms with E-state index in [0.29, 0.717) is 16.1 Å². The lowest BCUT2D eigenvalue weighted by Crippen LogP contribution is -2.32. The van der Waals surface area contributed by atoms with Crippen molar-refractivity contribution in [2.24, 2.45) is 0 Å². The van der Waals surface area contributed by atoms with E-state index in [-0.39, 0.29) is 11.6 Å². The molecule has 0 spiro atoms. The van der Waals surface area contributed by atoms with Crippen LogP contribution in [0.2, 0.25) is 0 Å². The Hall–Kier alpha value is -2.41. The summed E-state index contributed by atoms with van der Waals surface area (Å²) in [5.41, 5.74) is 5.72. The second-order valence-electron chi connectivity index (χ2n) is 6.46. The first kappa shape index (κ1) is 19.9. The number of hydrogen-bond donors (Lipinski definition) is 3. The SMILES string of the molecule is Nc1ncnc2c1ncn2[C@@H]1O[C@H](CSc2ccc(C(F)(F)F)cc2)[C@@H](O)[C@H]1O. The molecule has 3 aromatic rings. The zero-order valence-corrected chi connectivity index (χ0v) is 15.5. The summed E-state index contributed by atoms with van der Waals surface area (Å²) in [6.45, 7) is 0. The molecule has 1 aliphatic heterocycles. The predicted molar refractivity (Wildman–Crippen MR) is 97.8 cm³/mol. The Morgan fingerprint density at radius 3 is 2.52 bits per heavy atom. The van der Waals surface area contributed by atoms with Crippen molar-refractivity contribution in [1.29, 1.82) is 0 Å². The molecule has 0 amide bonds. The number of nitrogens with two attached hydrogens (primary N) is 1. The highest BCUT2D eigenvalue weighted by molar-refractivity contribution is 7.99. The Morgan fingerprint density at radius 1 is 1.10 bits per heavy atom. The van der Waals surface area contributed by atoms with Crippen LogP contribution in [0.25, 0.3) is 11.2 Å². The highest BCUT2D eigenvalue weighted by Gasteiger charge is 2.44. The lowest BCUT2D eigenvalue weighted by atomic mass is 10.1. The number of nitrogens with zero attached hydrogens (tertiary/aromatic N) is 4. The molecule has 2 aromatic heterocycles. The molecule has 1 aromatic carbocycles. The fraction of sp³-hybridized carbons (Fsp3) is 0.353. The van der Waals surface area contributed by atoms with Crippen LogP contribution in [0.1, 0.15) is 11.8 Å². The molecule has 0 radical (unpaired) electrons. The Balaban J connectivity index is 1.47. The second-order valence-corrected chi connectivity index (χ2v) is 7.56. The van der Waals surface area contributed by atoms with Gasteiger partial charge in [0.25, 0.3) is 0 Å². The Morgan fingerprint density at radius 2 is 1.83 bits per heavy atom. The number of imidazole rings is 1. The lowest BCUT2D eigenvalue weighted by Gasteiger charge is -2.16. The van der Waals surface area contributed by atoms with E-state index in [4.69, 9.17) is 10.5 Å². The van der Waals surface area contributed by atoms with Crippen molar-refractivity contribution in [3.8, 4) is 0 Å². The number of fused-ring (bicyclic) bond motifs is 1. The van der Waals surface area contributed by atoms with Crippen LogP contribution in [-0.4, -0.2) is 53.8 Å². The summed E-state index contributed by atoms with van der Waals surface area (Å²) >= 11 is 1.21. The molecule has 12 heteroatoms. The molecule has 4 rings (SSSR count). The van der Waals surface area contributed by atoms with Gasteiger partial charge in [0, 0.05) is 10.6 Å². The highest BCUT2D eigenvalue weighted by atomic mass is 32.2. The van der Waals surface area contributed by atoms with E-state index in [1.165, 1.54) is 41.1 Å². The molecular formula is C17H16F3N5O3S. The van der Waals surface area contributed by atoms with Gasteiger partial charge in [-0.15, -0.1) is 11.8 Å². The minimum atomic E-state index is -4.40. The number of alkyl halides is 3. The van der Waals surface area contributed by atoms with Crippen LogP contribution in [0.3, 0.4) is 0 Å². The van der Waals surface area contributed by atoms with E-state index >= 15 is 0 Å². The molecule has 3 heterocycles. The molecule has 154 valence electrons. The van der Waals surface area contributed by atoms with Crippen molar-refractivity contribution in [2.45, 2.75) is 35.6 Å². The Bertz CT molecular complexity index is 1010. The zero-order chi connectivity index (χ0) is 20.8. The van der Waals surface area contributed by atoms with Crippen LogP contribution in [0, 0.1) is 0 Å². The standard InChI is InChI=1S/C17H16F3N5O3S/c18-17(19,20)8-1-3-9(4-2-8)29-5-10-12(26)13(27)16(28-10)25-7-24-11-14(21)22-6-23-15(11)25/h1-4,6-7,10,12-13,16,26-27H,5H2,(H2,21,22,23)/t10-,12-,13-,16-/m1/s1. The summed E-state index contributed by atoms with van der Waals surface area (Å²) in [5, 5.41) is 20.8. The van der Waals surface area contributed by atoms with Crippen molar-refractivity contribution < 1.29 is 28.1 Å². The molecule has 1 saturated heterocycles. The first-order chi connectivity index (χ1) is 13.8. The average molecular weight is 427 g/mol. The van der Waals surface area contributed by atoms with Crippen molar-refractivity contribution >= 4 is 28.7 Å². The maximum atomic E-state index is 12.6. The number of aromatic nitrogens is 4. The minimum absolute atomic E-state index is 0.177. The van der Waals surface area contributed by atoms with E-state index < -0.39 is 36.3 Å². The number of benzene rings is 1. The van der Waals surface area contributed by atoms with Crippen molar-refractivity contribution in [1.82, 2.24) is 19.5 Å². The number of nitrogen functional groups attached to an aromatic ring is 1. The van der Waals surface area contributed by atoms with Gasteiger partial charge in [0.05, 0.1) is 18.0 Å². The third-order valence-electron chi connectivity index (χ3n) is 4.59. The van der Waals surface area contributed by atoms with Gasteiger partial charge in [0.2, 0.25) is 0 Å². The Kier molecular flexibility index (Phi) is 5.11. The first-order valence-electron chi connectivity index (χ1n) is 8.50. The topological polar surface area (TPSA) is 119 Å². The number of hydrogen-bond acceptors (Lipinski definition) is 8. The maximum Gasteiger partial charge on any atom is 0.416 e. The van der Waals surface area contributed by atoms with Crippen molar-refractivity contribution in [2.75, 3.05) is 11.5 Å². The van der Waals surface area contributed by atoms with Crippen LogP contribution in [-0.2, 0) is 10.9 Å². The fourth-order valence-corrected chi connectivity index (χ4v) is 4.03. The Labute approximate surface area is 166 Å². The molecule has 0 unspecified atom stereocenters. The summed E-state index contributed by atoms with van der Waals surface area (Å²) in [6, 6.07) is 4.69. The molecule has 0 saturated carbocycles. The summed E-state index contributed by atoms with van der Waals surface area (Å²) in [4.78, 5) is 12.6. The summed E-state index contributed by atoms with van der Waals surface area (Å²) in [5.74, 6) is 0.403. The van der Waals surface area contributed by atoms with E-state index in [9.17, 15) is 23.4 Å². The molecule has 4 atom stereocenters. The van der Waals surface area contributed by atoms with Gasteiger partial charge in [0.15, 0.2) is 17.7 Å². The van der Waals surface area contributed by atoms with Gasteiger partial charge in [-0.3, -0.25) is 4.57 Å². The molecule has 4 N–H and O–H groups in total. The molecule has 8 nitrogen and oxygen atoms in total. The van der Waals surface area contributed by atoms with Gasteiger partial charge in [-0.05, 0) is 24.3 Å². The second kappa shape index (κ2) is 7.44. The van der Waals surface area contributed by atoms with Crippen LogP contribution in [0.5, 0.6) is 0 Å². The van der Waals surface area contributed by atoms with Gasteiger partial charge in [-0.1, -0.05) is 0 Å². The van der Waals surface area contributed by atoms with E-state index in [2.05, 4.69) is 15.0 Å². The van der Waals surface area contributed by atoms with Gasteiger partial charge in [0.1, 0.15) is 24.1 Å². The van der Waals surface area contributed by atoms with Crippen LogP contribution < -0.4 is 5.73 Å². The number of aliphatic hydroxyl groups excluding tert-OH is 2. The molecular weight excluding hydrogens is 411 g/mol. The molecule has 0 aliphatic carbocycles. The van der Waals surface area contributed by atoms with Gasteiger partial charge < -0.3 is 20.7 Å². The number of thioether (sulfide) groups is 1. The van der Waals surface area contributed by atoms with Crippen LogP contribution >= 0.6 is 11.8 Å². The number of anilines is 1. The fourth-order valence-electron chi connectivity index (χ4n) is 3.07. The maximum absolute atomic E-state index is 12.6. The van der Waals surface area contributed by atoms with E-state index in [1.54, 1.807) is 0 Å². The predicted octanol–water partition coefficient (Wildman–Crippen LogP) is 1.84. The molecule has 29 heavy (non-hydrogen) atoms. The molecule has 1 aliphatic rings. The van der Waals surface area contributed by atoms with Crippen molar-refractivity contribution in [3.05, 3.63) is 42.5 Å². The van der Waals surface area contributed by atoms with Gasteiger partial charge in [-0.25, -0.2) is 15.0 Å². The van der Waals surface area contributed by atoms with Crippen LogP contribution in [0.15, 0.2) is 41.8 Å². The number of aliphatic hydroxyl groups is 2. The number of rotatable bonds is 4. The smallest absolute Gasteiger partial charge is 0.387 e. The van der Waals surface area contributed by atoms with E-state index in [1.807, 2.05) is 0 Å². The lowest BCUT2D eigenvalue weighted by molar-refractivity contribution is -0.137. The van der Waals surface area contributed by atoms with Crippen LogP contribution in [0.4, 0.5) is 19.0 Å². The number of halogens is 3. The van der Waals surface area contributed by atoms with E-state index in [0.717, 1.165) is 12.1 Å². The average Bonchev–Trinajstić information content (AvgIpc) is 3.23. The summed E-state index contributed by atoms with van der Waals surface area (Å²) < 4.78 is 45.2. The first-order valence-corrected chi connectivity index (χ1v) is 9.49. The minimum Gasteiger partial charge on any atom is -0.387 e. The third-order valence-corrected chi connectivity index (χ3v) is 5.70. The third kappa shape index (κ3) is 3.75. The number of ether oxygens (including phenoxy) is 1. The zero-order valence-electron chi connectivity index (χ0n) is 14.7. The summed E-state index contributed by atoms with van der Waals surface area (Å²) in [6.07, 6.45) is -5.89. The van der Waals surface area contributed by atoms with Gasteiger partial charge in [-0.2, -0.15) is 13.2 Å². The normalized spacial score (nSPS) is 25.0. The van der Waals surface area contributed by atoms with Gasteiger partial charge >= 0.3 is 6.18 Å². The highest BCUT2D eigenvalue weighted by Crippen LogP contribution is 2.35.